The Labute approximate surface area is 208 Å². The second-order valence-electron chi connectivity index (χ2n) is 7.99. The van der Waals surface area contributed by atoms with Gasteiger partial charge in [-0.2, -0.15) is 11.8 Å². The second kappa shape index (κ2) is 16.5. The molecule has 2 unspecified atom stereocenters. The Balaban J connectivity index is 2.78. The summed E-state index contributed by atoms with van der Waals surface area (Å²) >= 11 is 5.24. The predicted molar refractivity (Wildman–Crippen MR) is 142 cm³/mol. The van der Waals surface area contributed by atoms with Crippen LogP contribution in [0.5, 0.6) is 0 Å². The van der Waals surface area contributed by atoms with Gasteiger partial charge in [-0.25, -0.2) is 0 Å². The zero-order valence-corrected chi connectivity index (χ0v) is 23.0. The van der Waals surface area contributed by atoms with Crippen molar-refractivity contribution in [3.63, 3.8) is 0 Å². The van der Waals surface area contributed by atoms with Crippen molar-refractivity contribution in [3.8, 4) is 0 Å². The third-order valence-corrected chi connectivity index (χ3v) is 8.74. The summed E-state index contributed by atoms with van der Waals surface area (Å²) in [5.41, 5.74) is 7.20. The molecule has 1 aromatic rings. The van der Waals surface area contributed by atoms with Crippen LogP contribution in [0.3, 0.4) is 0 Å². The highest BCUT2D eigenvalue weighted by atomic mass is 79.9. The highest BCUT2D eigenvalue weighted by molar-refractivity contribution is 9.10. The van der Waals surface area contributed by atoms with E-state index >= 15 is 0 Å². The number of thioether (sulfide) groups is 1. The molecule has 0 aliphatic carbocycles. The lowest BCUT2D eigenvalue weighted by Crippen LogP contribution is -2.28. The monoisotopic (exact) mass is 549 g/mol. The summed E-state index contributed by atoms with van der Waals surface area (Å²) in [6, 6.07) is 8.01. The van der Waals surface area contributed by atoms with Crippen LogP contribution in [0.1, 0.15) is 45.6 Å². The van der Waals surface area contributed by atoms with Crippen LogP contribution in [0.2, 0.25) is 0 Å². The van der Waals surface area contributed by atoms with Crippen LogP contribution >= 0.6 is 49.3 Å². The zero-order chi connectivity index (χ0) is 23.2. The first kappa shape index (κ1) is 28.9. The number of nitrogens with two attached hydrogens (primary N) is 1. The fraction of sp³-hybridized carbons (Fsp3) is 0.652. The first-order valence-corrected chi connectivity index (χ1v) is 15.3. The lowest BCUT2D eigenvalue weighted by Gasteiger charge is -2.21. The Bertz CT molecular complexity index is 658. The maximum absolute atomic E-state index is 13.2. The minimum Gasteiger partial charge on any atom is -0.466 e. The van der Waals surface area contributed by atoms with Crippen molar-refractivity contribution in [3.05, 3.63) is 34.3 Å². The number of Topliss-reactive ketones (excluding diaryl/α,β-unsaturated/α-hetero) is 1. The summed E-state index contributed by atoms with van der Waals surface area (Å²) in [6.07, 6.45) is 4.57. The van der Waals surface area contributed by atoms with Crippen molar-refractivity contribution in [2.45, 2.75) is 57.7 Å². The normalized spacial score (nSPS) is 14.3. The van der Waals surface area contributed by atoms with E-state index in [1.807, 2.05) is 24.3 Å². The van der Waals surface area contributed by atoms with Crippen LogP contribution in [0, 0.1) is 11.8 Å². The van der Waals surface area contributed by atoms with Crippen LogP contribution in [-0.2, 0) is 20.7 Å². The molecular weight excluding hydrogens is 514 g/mol. The highest BCUT2D eigenvalue weighted by Gasteiger charge is 2.29. The Kier molecular flexibility index (Phi) is 15.3. The molecule has 0 spiro atoms. The van der Waals surface area contributed by atoms with Crippen molar-refractivity contribution in [1.82, 2.24) is 0 Å². The Morgan fingerprint density at radius 3 is 2.45 bits per heavy atom. The summed E-state index contributed by atoms with van der Waals surface area (Å²) in [5.74, 6) is 1.65. The molecule has 0 amide bonds. The smallest absolute Gasteiger partial charge is 0.309 e. The van der Waals surface area contributed by atoms with E-state index in [0.29, 0.717) is 18.9 Å². The van der Waals surface area contributed by atoms with Gasteiger partial charge in [0.15, 0.2) is 0 Å². The fourth-order valence-corrected chi connectivity index (χ4v) is 6.86. The van der Waals surface area contributed by atoms with Crippen LogP contribution in [0.4, 0.5) is 0 Å². The topological polar surface area (TPSA) is 69.4 Å². The highest BCUT2D eigenvalue weighted by Crippen LogP contribution is 2.34. The summed E-state index contributed by atoms with van der Waals surface area (Å²) in [5, 5.41) is -0.139. The standard InChI is InChI=1S/C23H36BrNO3S3/c1-5-28-23(27)18(13-17-6-8-19(24)9-7-17)14-21(26)22(12-16(2)3)31-30-15-20(25)10-11-29-4/h6-9,16,18,20,22H,5,10-15,25H2,1-4H3/t18?,20-,22?/m0/s1. The molecule has 1 rings (SSSR count). The van der Waals surface area contributed by atoms with Gasteiger partial charge >= 0.3 is 5.97 Å². The molecule has 0 heterocycles. The maximum atomic E-state index is 13.2. The van der Waals surface area contributed by atoms with Crippen LogP contribution in [-0.4, -0.2) is 47.4 Å². The van der Waals surface area contributed by atoms with Gasteiger partial charge in [-0.1, -0.05) is 63.5 Å². The van der Waals surface area contributed by atoms with Gasteiger partial charge in [0.25, 0.3) is 0 Å². The van der Waals surface area contributed by atoms with Gasteiger partial charge in [0.1, 0.15) is 5.78 Å². The van der Waals surface area contributed by atoms with Crippen molar-refractivity contribution >= 4 is 61.0 Å². The number of carbonyl (C=O) groups is 2. The average Bonchev–Trinajstić information content (AvgIpc) is 2.72. The number of hydrogen-bond donors (Lipinski definition) is 1. The molecule has 0 aliphatic rings. The number of ether oxygens (including phenoxy) is 1. The van der Waals surface area contributed by atoms with Gasteiger partial charge in [-0.3, -0.25) is 9.59 Å². The Morgan fingerprint density at radius 1 is 1.19 bits per heavy atom. The van der Waals surface area contributed by atoms with Crippen molar-refractivity contribution in [1.29, 1.82) is 0 Å². The molecule has 0 aliphatic heterocycles. The van der Waals surface area contributed by atoms with E-state index in [9.17, 15) is 9.59 Å². The molecule has 8 heteroatoms. The fourth-order valence-electron chi connectivity index (χ4n) is 2.99. The van der Waals surface area contributed by atoms with Gasteiger partial charge < -0.3 is 10.5 Å². The molecule has 4 nitrogen and oxygen atoms in total. The zero-order valence-electron chi connectivity index (χ0n) is 19.0. The summed E-state index contributed by atoms with van der Waals surface area (Å²) in [7, 11) is 3.30. The lowest BCUT2D eigenvalue weighted by atomic mass is 9.92. The molecule has 0 fully saturated rings. The van der Waals surface area contributed by atoms with Gasteiger partial charge in [0, 0.05) is 22.7 Å². The van der Waals surface area contributed by atoms with E-state index < -0.39 is 5.92 Å². The van der Waals surface area contributed by atoms with Crippen molar-refractivity contribution in [2.75, 3.05) is 24.4 Å². The minimum absolute atomic E-state index is 0.124. The Morgan fingerprint density at radius 2 is 1.87 bits per heavy atom. The van der Waals surface area contributed by atoms with Crippen LogP contribution in [0.25, 0.3) is 0 Å². The predicted octanol–water partition coefficient (Wildman–Crippen LogP) is 6.01. The van der Waals surface area contributed by atoms with E-state index in [0.717, 1.165) is 34.4 Å². The molecule has 2 N–H and O–H groups in total. The molecule has 0 radical (unpaired) electrons. The minimum atomic E-state index is -0.460. The number of rotatable bonds is 16. The molecule has 0 aromatic heterocycles. The van der Waals surface area contributed by atoms with Crippen molar-refractivity contribution in [2.24, 2.45) is 17.6 Å². The molecular formula is C23H36BrNO3S3. The van der Waals surface area contributed by atoms with Crippen LogP contribution in [0.15, 0.2) is 28.7 Å². The van der Waals surface area contributed by atoms with Gasteiger partial charge in [0.2, 0.25) is 0 Å². The summed E-state index contributed by atoms with van der Waals surface area (Å²) in [4.78, 5) is 25.8. The quantitative estimate of drug-likeness (QED) is 0.200. The third-order valence-electron chi connectivity index (χ3n) is 4.67. The van der Waals surface area contributed by atoms with Crippen molar-refractivity contribution < 1.29 is 14.3 Å². The van der Waals surface area contributed by atoms with E-state index in [-0.39, 0.29) is 29.5 Å². The lowest BCUT2D eigenvalue weighted by molar-refractivity contribution is -0.149. The number of halogens is 1. The Hall–Kier alpha value is -0.150. The van der Waals surface area contributed by atoms with Gasteiger partial charge in [-0.15, -0.1) is 0 Å². The first-order chi connectivity index (χ1) is 14.8. The van der Waals surface area contributed by atoms with E-state index in [1.165, 1.54) is 0 Å². The van der Waals surface area contributed by atoms with Gasteiger partial charge in [-0.05, 0) is 61.8 Å². The number of hydrogen-bond acceptors (Lipinski definition) is 7. The molecule has 31 heavy (non-hydrogen) atoms. The number of ketones is 1. The molecule has 3 atom stereocenters. The first-order valence-electron chi connectivity index (χ1n) is 10.7. The maximum Gasteiger partial charge on any atom is 0.309 e. The van der Waals surface area contributed by atoms with E-state index in [4.69, 9.17) is 10.5 Å². The van der Waals surface area contributed by atoms with Crippen LogP contribution < -0.4 is 5.73 Å². The average molecular weight is 551 g/mol. The molecule has 176 valence electrons. The third kappa shape index (κ3) is 12.6. The molecule has 1 aromatic carbocycles. The molecule has 0 saturated carbocycles. The van der Waals surface area contributed by atoms with E-state index in [1.54, 1.807) is 40.3 Å². The number of carbonyl (C=O) groups excluding carboxylic acids is 2. The SMILES string of the molecule is CCOC(=O)C(CC(=O)C(CC(C)C)SSC[C@@H](N)CCSC)Cc1ccc(Br)cc1. The molecule has 0 bridgehead atoms. The van der Waals surface area contributed by atoms with E-state index in [2.05, 4.69) is 36.0 Å². The number of esters is 1. The number of benzene rings is 1. The second-order valence-corrected chi connectivity index (χ2v) is 12.5. The molecule has 0 saturated heterocycles. The largest absolute Gasteiger partial charge is 0.466 e. The van der Waals surface area contributed by atoms with Gasteiger partial charge in [0.05, 0.1) is 17.8 Å². The summed E-state index contributed by atoms with van der Waals surface area (Å²) in [6.45, 7) is 6.36. The summed E-state index contributed by atoms with van der Waals surface area (Å²) < 4.78 is 6.27.